The van der Waals surface area contributed by atoms with E-state index in [4.69, 9.17) is 9.47 Å². The number of aliphatic hydroxyl groups is 1. The van der Waals surface area contributed by atoms with Crippen LogP contribution >= 0.6 is 0 Å². The van der Waals surface area contributed by atoms with Gasteiger partial charge in [-0.15, -0.1) is 0 Å². The first kappa shape index (κ1) is 25.1. The van der Waals surface area contributed by atoms with Crippen LogP contribution < -0.4 is 5.32 Å². The zero-order valence-electron chi connectivity index (χ0n) is 20.1. The molecule has 8 nitrogen and oxygen atoms in total. The van der Waals surface area contributed by atoms with Crippen LogP contribution in [0, 0.1) is 0 Å². The molecule has 0 aromatic heterocycles. The van der Waals surface area contributed by atoms with Gasteiger partial charge in [0.1, 0.15) is 12.7 Å². The highest BCUT2D eigenvalue weighted by Gasteiger charge is 2.47. The van der Waals surface area contributed by atoms with E-state index in [9.17, 15) is 19.5 Å². The fraction of sp³-hybridized carbons (Fsp3) is 0.560. The van der Waals surface area contributed by atoms with Gasteiger partial charge in [0.2, 0.25) is 0 Å². The molecule has 1 aromatic rings. The Morgan fingerprint density at radius 1 is 1.15 bits per heavy atom. The van der Waals surface area contributed by atoms with Crippen molar-refractivity contribution in [3.63, 3.8) is 0 Å². The Morgan fingerprint density at radius 3 is 2.36 bits per heavy atom. The van der Waals surface area contributed by atoms with E-state index in [0.717, 1.165) is 5.57 Å². The van der Waals surface area contributed by atoms with E-state index >= 15 is 0 Å². The second kappa shape index (κ2) is 9.37. The monoisotopic (exact) mass is 458 g/mol. The minimum Gasteiger partial charge on any atom is -0.459 e. The van der Waals surface area contributed by atoms with E-state index in [-0.39, 0.29) is 47.4 Å². The molecule has 2 aliphatic rings. The summed E-state index contributed by atoms with van der Waals surface area (Å²) < 4.78 is 10.4. The minimum absolute atomic E-state index is 0.00914. The molecule has 0 radical (unpaired) electrons. The Labute approximate surface area is 194 Å². The van der Waals surface area contributed by atoms with Gasteiger partial charge in [0.05, 0.1) is 29.9 Å². The van der Waals surface area contributed by atoms with Crippen LogP contribution in [0.1, 0.15) is 78.5 Å². The maximum absolute atomic E-state index is 13.2. The second-order valence-electron chi connectivity index (χ2n) is 10.4. The van der Waals surface area contributed by atoms with Crippen LogP contribution in [0.25, 0.3) is 0 Å². The van der Waals surface area contributed by atoms with Gasteiger partial charge in [-0.2, -0.15) is 0 Å². The van der Waals surface area contributed by atoms with Crippen LogP contribution in [0.2, 0.25) is 0 Å². The van der Waals surface area contributed by atoms with Crippen molar-refractivity contribution in [2.45, 2.75) is 70.7 Å². The molecule has 3 rings (SSSR count). The van der Waals surface area contributed by atoms with Gasteiger partial charge in [0.15, 0.2) is 0 Å². The van der Waals surface area contributed by atoms with Gasteiger partial charge in [0.25, 0.3) is 11.8 Å². The number of hydrogen-bond acceptors (Lipinski definition) is 7. The molecule has 8 heteroatoms. The summed E-state index contributed by atoms with van der Waals surface area (Å²) in [4.78, 5) is 40.1. The SMILES string of the molecule is C=C(C)COCC(O)COC(=O)c1ccc2c(c1)C(=O)N(C1CC(C)(C)NC(C)(C)C1)C2=O. The summed E-state index contributed by atoms with van der Waals surface area (Å²) in [5.41, 5.74) is 1.00. The van der Waals surface area contributed by atoms with Crippen molar-refractivity contribution in [1.82, 2.24) is 10.2 Å². The molecule has 2 amide bonds. The Bertz CT molecular complexity index is 952. The summed E-state index contributed by atoms with van der Waals surface area (Å²) in [6.07, 6.45) is 0.303. The first-order valence-electron chi connectivity index (χ1n) is 11.2. The number of esters is 1. The number of imide groups is 1. The predicted octanol–water partition coefficient (Wildman–Crippen LogP) is 2.70. The number of nitrogens with one attached hydrogen (secondary N) is 1. The molecule has 0 spiro atoms. The van der Waals surface area contributed by atoms with Crippen molar-refractivity contribution in [3.05, 3.63) is 47.0 Å². The van der Waals surface area contributed by atoms with Crippen LogP contribution in [0.5, 0.6) is 0 Å². The van der Waals surface area contributed by atoms with Crippen LogP contribution in [0.3, 0.4) is 0 Å². The molecule has 1 saturated heterocycles. The van der Waals surface area contributed by atoms with Crippen molar-refractivity contribution in [1.29, 1.82) is 0 Å². The lowest BCUT2D eigenvalue weighted by molar-refractivity contribution is -0.00661. The Kier molecular flexibility index (Phi) is 7.12. The molecular weight excluding hydrogens is 424 g/mol. The zero-order valence-corrected chi connectivity index (χ0v) is 20.1. The summed E-state index contributed by atoms with van der Waals surface area (Å²) in [6, 6.07) is 4.12. The smallest absolute Gasteiger partial charge is 0.338 e. The van der Waals surface area contributed by atoms with Gasteiger partial charge in [-0.25, -0.2) is 4.79 Å². The molecule has 1 aromatic carbocycles. The van der Waals surface area contributed by atoms with E-state index < -0.39 is 18.0 Å². The number of hydrogen-bond donors (Lipinski definition) is 2. The molecule has 0 aliphatic carbocycles. The third kappa shape index (κ3) is 5.88. The van der Waals surface area contributed by atoms with Gasteiger partial charge < -0.3 is 19.9 Å². The molecule has 33 heavy (non-hydrogen) atoms. The number of aliphatic hydroxyl groups excluding tert-OH is 1. The van der Waals surface area contributed by atoms with Crippen LogP contribution in [0.15, 0.2) is 30.4 Å². The largest absolute Gasteiger partial charge is 0.459 e. The highest BCUT2D eigenvalue weighted by atomic mass is 16.5. The number of ether oxygens (including phenoxy) is 2. The first-order valence-corrected chi connectivity index (χ1v) is 11.2. The van der Waals surface area contributed by atoms with Gasteiger partial charge in [-0.3, -0.25) is 14.5 Å². The molecule has 2 N–H and O–H groups in total. The summed E-state index contributed by atoms with van der Waals surface area (Å²) >= 11 is 0. The van der Waals surface area contributed by atoms with Crippen molar-refractivity contribution in [2.24, 2.45) is 0 Å². The highest BCUT2D eigenvalue weighted by Crippen LogP contribution is 2.36. The topological polar surface area (TPSA) is 105 Å². The molecule has 0 bridgehead atoms. The van der Waals surface area contributed by atoms with Gasteiger partial charge in [0, 0.05) is 17.1 Å². The van der Waals surface area contributed by atoms with E-state index in [0.29, 0.717) is 25.0 Å². The predicted molar refractivity (Wildman–Crippen MR) is 123 cm³/mol. The fourth-order valence-electron chi connectivity index (χ4n) is 4.84. The number of carbonyl (C=O) groups is 3. The molecule has 1 fully saturated rings. The van der Waals surface area contributed by atoms with Crippen molar-refractivity contribution < 1.29 is 29.0 Å². The van der Waals surface area contributed by atoms with Gasteiger partial charge in [-0.05, 0) is 65.7 Å². The number of benzene rings is 1. The van der Waals surface area contributed by atoms with Crippen LogP contribution in [-0.2, 0) is 9.47 Å². The zero-order chi connectivity index (χ0) is 24.6. The van der Waals surface area contributed by atoms with E-state index in [1.807, 2.05) is 0 Å². The number of piperidine rings is 1. The third-order valence-corrected chi connectivity index (χ3v) is 5.75. The van der Waals surface area contributed by atoms with Gasteiger partial charge in [-0.1, -0.05) is 12.2 Å². The maximum atomic E-state index is 13.2. The molecule has 2 aliphatic heterocycles. The molecule has 180 valence electrons. The Balaban J connectivity index is 1.69. The minimum atomic E-state index is -0.979. The lowest BCUT2D eigenvalue weighted by atomic mass is 9.79. The van der Waals surface area contributed by atoms with Crippen LogP contribution in [-0.4, -0.2) is 70.8 Å². The second-order valence-corrected chi connectivity index (χ2v) is 10.4. The average Bonchev–Trinajstić information content (AvgIpc) is 2.93. The van der Waals surface area contributed by atoms with E-state index in [2.05, 4.69) is 39.6 Å². The van der Waals surface area contributed by atoms with Crippen molar-refractivity contribution in [2.75, 3.05) is 19.8 Å². The Hall–Kier alpha value is -2.55. The lowest BCUT2D eigenvalue weighted by Gasteiger charge is -2.48. The molecular formula is C25H34N2O6. The maximum Gasteiger partial charge on any atom is 0.338 e. The first-order chi connectivity index (χ1) is 15.3. The lowest BCUT2D eigenvalue weighted by Crippen LogP contribution is -2.62. The average molecular weight is 459 g/mol. The summed E-state index contributed by atoms with van der Waals surface area (Å²) in [5, 5.41) is 13.5. The summed E-state index contributed by atoms with van der Waals surface area (Å²) in [6.45, 7) is 13.8. The normalized spacial score (nSPS) is 20.5. The number of amides is 2. The van der Waals surface area contributed by atoms with Crippen LogP contribution in [0.4, 0.5) is 0 Å². The Morgan fingerprint density at radius 2 is 1.76 bits per heavy atom. The van der Waals surface area contributed by atoms with Crippen molar-refractivity contribution >= 4 is 17.8 Å². The summed E-state index contributed by atoms with van der Waals surface area (Å²) in [5.74, 6) is -1.41. The molecule has 1 unspecified atom stereocenters. The third-order valence-electron chi connectivity index (χ3n) is 5.75. The summed E-state index contributed by atoms with van der Waals surface area (Å²) in [7, 11) is 0. The van der Waals surface area contributed by atoms with E-state index in [1.165, 1.54) is 23.1 Å². The van der Waals surface area contributed by atoms with Gasteiger partial charge >= 0.3 is 5.97 Å². The van der Waals surface area contributed by atoms with E-state index in [1.54, 1.807) is 6.92 Å². The number of fused-ring (bicyclic) bond motifs is 1. The molecule has 1 atom stereocenters. The quantitative estimate of drug-likeness (QED) is 0.351. The molecule has 2 heterocycles. The molecule has 0 saturated carbocycles. The number of nitrogens with zero attached hydrogens (tertiary/aromatic N) is 1. The highest BCUT2D eigenvalue weighted by molar-refractivity contribution is 6.22. The standard InChI is InChI=1S/C25H34N2O6/c1-15(2)12-32-13-18(28)14-33-23(31)16-7-8-19-20(9-16)22(30)27(21(19)29)17-10-24(3,4)26-25(5,6)11-17/h7-9,17-18,26,28H,1,10-14H2,2-6H3. The number of rotatable bonds is 8. The fourth-order valence-corrected chi connectivity index (χ4v) is 4.84. The number of carbonyl (C=O) groups excluding carboxylic acids is 3. The van der Waals surface area contributed by atoms with Crippen molar-refractivity contribution in [3.8, 4) is 0 Å².